The van der Waals surface area contributed by atoms with Gasteiger partial charge in [0.2, 0.25) is 11.8 Å². The van der Waals surface area contributed by atoms with Gasteiger partial charge in [-0.3, -0.25) is 19.7 Å². The number of carbonyl (C=O) groups is 4. The van der Waals surface area contributed by atoms with E-state index < -0.39 is 35.8 Å². The average Bonchev–Trinajstić information content (AvgIpc) is 2.25. The van der Waals surface area contributed by atoms with Crippen LogP contribution in [0, 0.1) is 5.92 Å². The van der Waals surface area contributed by atoms with Gasteiger partial charge < -0.3 is 14.9 Å². The zero-order valence-corrected chi connectivity index (χ0v) is 10.5. The number of piperazine rings is 1. The van der Waals surface area contributed by atoms with Gasteiger partial charge in [-0.2, -0.15) is 0 Å². The normalized spacial score (nSPS) is 23.9. The molecule has 2 fully saturated rings. The van der Waals surface area contributed by atoms with Crippen molar-refractivity contribution >= 4 is 23.8 Å². The minimum atomic E-state index is -0.941. The molecular formula is C11H15N3O5. The van der Waals surface area contributed by atoms with E-state index in [2.05, 4.69) is 5.32 Å². The Balaban J connectivity index is 2.03. The Bertz CT molecular complexity index is 444. The second-order valence-corrected chi connectivity index (χ2v) is 4.69. The van der Waals surface area contributed by atoms with Gasteiger partial charge in [-0.05, 0) is 6.42 Å². The van der Waals surface area contributed by atoms with Gasteiger partial charge >= 0.3 is 12.0 Å². The van der Waals surface area contributed by atoms with Gasteiger partial charge in [-0.25, -0.2) is 4.79 Å². The van der Waals surface area contributed by atoms with Crippen molar-refractivity contribution in [1.29, 1.82) is 0 Å². The number of aliphatic carboxylic acids is 1. The molecule has 1 atom stereocenters. The smallest absolute Gasteiger partial charge is 0.321 e. The number of carbonyl (C=O) groups excluding carboxylic acids is 3. The van der Waals surface area contributed by atoms with E-state index in [1.54, 1.807) is 6.92 Å². The van der Waals surface area contributed by atoms with Gasteiger partial charge in [0.25, 0.3) is 0 Å². The fraction of sp³-hybridized carbons (Fsp3) is 0.636. The summed E-state index contributed by atoms with van der Waals surface area (Å²) in [6.07, 6.45) is 0.404. The van der Waals surface area contributed by atoms with Crippen LogP contribution in [-0.4, -0.2) is 64.4 Å². The average molecular weight is 269 g/mol. The molecule has 2 saturated heterocycles. The molecule has 0 spiro atoms. The van der Waals surface area contributed by atoms with E-state index in [9.17, 15) is 19.2 Å². The van der Waals surface area contributed by atoms with Crippen molar-refractivity contribution in [3.63, 3.8) is 0 Å². The van der Waals surface area contributed by atoms with Crippen molar-refractivity contribution in [1.82, 2.24) is 15.1 Å². The molecule has 2 rings (SSSR count). The van der Waals surface area contributed by atoms with Crippen molar-refractivity contribution in [2.75, 3.05) is 19.6 Å². The molecule has 0 bridgehead atoms. The Hall–Kier alpha value is -2.12. The van der Waals surface area contributed by atoms with Crippen LogP contribution >= 0.6 is 0 Å². The minimum absolute atomic E-state index is 0.122. The summed E-state index contributed by atoms with van der Waals surface area (Å²) in [4.78, 5) is 48.3. The molecule has 0 saturated carbocycles. The van der Waals surface area contributed by atoms with Crippen LogP contribution < -0.4 is 5.32 Å². The first kappa shape index (κ1) is 13.3. The number of hydrogen-bond acceptors (Lipinski definition) is 4. The highest BCUT2D eigenvalue weighted by molar-refractivity contribution is 6.04. The summed E-state index contributed by atoms with van der Waals surface area (Å²) >= 11 is 0. The first-order valence-electron chi connectivity index (χ1n) is 6.06. The number of urea groups is 1. The molecule has 8 nitrogen and oxygen atoms in total. The van der Waals surface area contributed by atoms with Crippen LogP contribution in [0.2, 0.25) is 0 Å². The van der Waals surface area contributed by atoms with Gasteiger partial charge in [-0.15, -0.1) is 0 Å². The molecule has 19 heavy (non-hydrogen) atoms. The van der Waals surface area contributed by atoms with Crippen LogP contribution in [0.4, 0.5) is 4.79 Å². The highest BCUT2D eigenvalue weighted by atomic mass is 16.4. The molecule has 2 heterocycles. The van der Waals surface area contributed by atoms with Crippen LogP contribution in [0.5, 0.6) is 0 Å². The molecule has 0 radical (unpaired) electrons. The van der Waals surface area contributed by atoms with E-state index in [0.29, 0.717) is 6.42 Å². The first-order chi connectivity index (χ1) is 8.93. The molecule has 8 heteroatoms. The van der Waals surface area contributed by atoms with E-state index in [4.69, 9.17) is 5.11 Å². The lowest BCUT2D eigenvalue weighted by atomic mass is 10.0. The van der Waals surface area contributed by atoms with Crippen molar-refractivity contribution < 1.29 is 24.3 Å². The largest absolute Gasteiger partial charge is 0.481 e. The molecule has 2 aliphatic rings. The van der Waals surface area contributed by atoms with Crippen molar-refractivity contribution in [3.8, 4) is 0 Å². The van der Waals surface area contributed by atoms with Crippen molar-refractivity contribution in [2.45, 2.75) is 19.4 Å². The summed E-state index contributed by atoms with van der Waals surface area (Å²) in [6, 6.07) is -1.12. The molecule has 0 aromatic rings. The topological polar surface area (TPSA) is 107 Å². The Morgan fingerprint density at radius 1 is 1.37 bits per heavy atom. The third kappa shape index (κ3) is 2.38. The van der Waals surface area contributed by atoms with Crippen LogP contribution in [0.15, 0.2) is 0 Å². The number of carboxylic acids is 1. The number of carboxylic acid groups (broad SMARTS) is 1. The highest BCUT2D eigenvalue weighted by Crippen LogP contribution is 2.20. The number of imide groups is 1. The molecule has 4 amide bonds. The molecule has 1 unspecified atom stereocenters. The predicted octanol–water partition coefficient (Wildman–Crippen LogP) is -1.14. The molecule has 0 aliphatic carbocycles. The van der Waals surface area contributed by atoms with E-state index >= 15 is 0 Å². The van der Waals surface area contributed by atoms with Crippen LogP contribution in [0.3, 0.4) is 0 Å². The summed E-state index contributed by atoms with van der Waals surface area (Å²) in [5, 5.41) is 10.9. The second-order valence-electron chi connectivity index (χ2n) is 4.69. The number of hydrogen-bond donors (Lipinski definition) is 2. The standard InChI is InChI=1S/C11H15N3O5/c1-2-7-9(16)12-8(15)5-14(7)11(19)13-3-6(4-13)10(17)18/h6-7H,2-5H2,1H3,(H,17,18)(H,12,15,16). The summed E-state index contributed by atoms with van der Waals surface area (Å²) in [5.74, 6) is -2.50. The molecule has 104 valence electrons. The molecular weight excluding hydrogens is 254 g/mol. The number of amides is 4. The molecule has 2 aliphatic heterocycles. The zero-order valence-electron chi connectivity index (χ0n) is 10.5. The first-order valence-corrected chi connectivity index (χ1v) is 6.06. The van der Waals surface area contributed by atoms with Crippen LogP contribution in [-0.2, 0) is 14.4 Å². The van der Waals surface area contributed by atoms with Crippen LogP contribution in [0.1, 0.15) is 13.3 Å². The number of nitrogens with zero attached hydrogens (tertiary/aromatic N) is 2. The third-order valence-electron chi connectivity index (χ3n) is 3.39. The minimum Gasteiger partial charge on any atom is -0.481 e. The van der Waals surface area contributed by atoms with Crippen LogP contribution in [0.25, 0.3) is 0 Å². The maximum absolute atomic E-state index is 12.1. The van der Waals surface area contributed by atoms with Crippen molar-refractivity contribution in [3.05, 3.63) is 0 Å². The Labute approximate surface area is 109 Å². The molecule has 0 aromatic carbocycles. The van der Waals surface area contributed by atoms with E-state index in [1.807, 2.05) is 0 Å². The molecule has 2 N–H and O–H groups in total. The quantitative estimate of drug-likeness (QED) is 0.616. The fourth-order valence-corrected chi connectivity index (χ4v) is 2.25. The highest BCUT2D eigenvalue weighted by Gasteiger charge is 2.42. The van der Waals surface area contributed by atoms with E-state index in [-0.39, 0.29) is 19.6 Å². The maximum Gasteiger partial charge on any atom is 0.321 e. The second kappa shape index (κ2) is 4.87. The Morgan fingerprint density at radius 3 is 2.53 bits per heavy atom. The van der Waals surface area contributed by atoms with E-state index in [1.165, 1.54) is 9.80 Å². The lowest BCUT2D eigenvalue weighted by Crippen LogP contribution is -2.65. The van der Waals surface area contributed by atoms with Gasteiger partial charge in [0.15, 0.2) is 0 Å². The summed E-state index contributed by atoms with van der Waals surface area (Å²) < 4.78 is 0. The zero-order chi connectivity index (χ0) is 14.2. The Morgan fingerprint density at radius 2 is 2.00 bits per heavy atom. The monoisotopic (exact) mass is 269 g/mol. The number of rotatable bonds is 2. The fourth-order valence-electron chi connectivity index (χ4n) is 2.25. The summed E-state index contributed by atoms with van der Waals surface area (Å²) in [6.45, 7) is 1.82. The van der Waals surface area contributed by atoms with Gasteiger partial charge in [0.1, 0.15) is 12.6 Å². The maximum atomic E-state index is 12.1. The lowest BCUT2D eigenvalue weighted by molar-refractivity contribution is -0.147. The van der Waals surface area contributed by atoms with Gasteiger partial charge in [-0.1, -0.05) is 6.92 Å². The third-order valence-corrected chi connectivity index (χ3v) is 3.39. The van der Waals surface area contributed by atoms with Gasteiger partial charge in [0.05, 0.1) is 5.92 Å². The number of likely N-dealkylation sites (tertiary alicyclic amines) is 1. The predicted molar refractivity (Wildman–Crippen MR) is 62.0 cm³/mol. The van der Waals surface area contributed by atoms with E-state index in [0.717, 1.165) is 0 Å². The SMILES string of the molecule is CCC1C(=O)NC(=O)CN1C(=O)N1CC(C(=O)O)C1. The summed E-state index contributed by atoms with van der Waals surface area (Å²) in [5.41, 5.74) is 0. The Kier molecular flexibility index (Phi) is 3.41. The van der Waals surface area contributed by atoms with Crippen molar-refractivity contribution in [2.24, 2.45) is 5.92 Å². The lowest BCUT2D eigenvalue weighted by Gasteiger charge is -2.42. The summed E-state index contributed by atoms with van der Waals surface area (Å²) in [7, 11) is 0. The van der Waals surface area contributed by atoms with Gasteiger partial charge in [0, 0.05) is 13.1 Å². The molecule has 0 aromatic heterocycles. The number of nitrogens with one attached hydrogen (secondary N) is 1.